The van der Waals surface area contributed by atoms with Gasteiger partial charge in [-0.1, -0.05) is 34.1 Å². The van der Waals surface area contributed by atoms with Gasteiger partial charge >= 0.3 is 0 Å². The van der Waals surface area contributed by atoms with E-state index in [1.165, 1.54) is 25.7 Å². The molecule has 3 aliphatic rings. The van der Waals surface area contributed by atoms with Crippen LogP contribution in [0.15, 0.2) is 0 Å². The van der Waals surface area contributed by atoms with Gasteiger partial charge in [-0.2, -0.15) is 0 Å². The van der Waals surface area contributed by atoms with Crippen LogP contribution in [0, 0.1) is 29.1 Å². The molecular formula is C14H26. The van der Waals surface area contributed by atoms with Crippen molar-refractivity contribution in [1.29, 1.82) is 0 Å². The van der Waals surface area contributed by atoms with Gasteiger partial charge in [0.15, 0.2) is 0 Å². The van der Waals surface area contributed by atoms with E-state index in [9.17, 15) is 0 Å². The average molecular weight is 194 g/mol. The summed E-state index contributed by atoms with van der Waals surface area (Å²) in [5.41, 5.74) is 0.694. The Morgan fingerprint density at radius 1 is 1.21 bits per heavy atom. The molecule has 0 amide bonds. The molecule has 3 atom stereocenters. The second-order valence-corrected chi connectivity index (χ2v) is 6.67. The average Bonchev–Trinajstić information content (AvgIpc) is 2.14. The highest BCUT2D eigenvalue weighted by Crippen LogP contribution is 2.62. The van der Waals surface area contributed by atoms with Gasteiger partial charge in [0.05, 0.1) is 0 Å². The van der Waals surface area contributed by atoms with E-state index in [0.29, 0.717) is 5.41 Å². The molecule has 0 heteroatoms. The Labute approximate surface area is 89.5 Å². The fourth-order valence-corrected chi connectivity index (χ4v) is 3.86. The van der Waals surface area contributed by atoms with E-state index in [4.69, 9.17) is 0 Å². The second-order valence-electron chi connectivity index (χ2n) is 6.67. The van der Waals surface area contributed by atoms with Gasteiger partial charge in [-0.25, -0.2) is 0 Å². The lowest BCUT2D eigenvalue weighted by Gasteiger charge is -2.60. The largest absolute Gasteiger partial charge is 0.0628 e. The van der Waals surface area contributed by atoms with Gasteiger partial charge in [0.1, 0.15) is 0 Å². The molecule has 2 bridgehead atoms. The van der Waals surface area contributed by atoms with Gasteiger partial charge in [-0.05, 0) is 54.8 Å². The lowest BCUT2D eigenvalue weighted by Crippen LogP contribution is -2.52. The van der Waals surface area contributed by atoms with E-state index in [-0.39, 0.29) is 0 Å². The first-order valence-corrected chi connectivity index (χ1v) is 6.51. The van der Waals surface area contributed by atoms with Crippen molar-refractivity contribution in [2.45, 2.75) is 59.8 Å². The molecule has 0 aromatic rings. The highest BCUT2D eigenvalue weighted by Gasteiger charge is 2.53. The Balaban J connectivity index is 1.88. The maximum Gasteiger partial charge on any atom is -0.0295 e. The third-order valence-electron chi connectivity index (χ3n) is 5.12. The fraction of sp³-hybridized carbons (Fsp3) is 1.00. The summed E-state index contributed by atoms with van der Waals surface area (Å²) in [4.78, 5) is 0. The Hall–Kier alpha value is 0. The van der Waals surface area contributed by atoms with Crippen molar-refractivity contribution < 1.29 is 0 Å². The molecular weight excluding hydrogens is 168 g/mol. The molecule has 0 aliphatic heterocycles. The lowest BCUT2D eigenvalue weighted by molar-refractivity contribution is -0.107. The first-order valence-electron chi connectivity index (χ1n) is 6.51. The van der Waals surface area contributed by atoms with E-state index < -0.39 is 0 Å². The third kappa shape index (κ3) is 1.61. The topological polar surface area (TPSA) is 0 Å². The number of fused-ring (bicyclic) bond motifs is 2. The summed E-state index contributed by atoms with van der Waals surface area (Å²) < 4.78 is 0. The van der Waals surface area contributed by atoms with Crippen LogP contribution in [0.2, 0.25) is 0 Å². The smallest absolute Gasteiger partial charge is 0.0295 e. The molecule has 0 spiro atoms. The molecule has 14 heavy (non-hydrogen) atoms. The van der Waals surface area contributed by atoms with Crippen LogP contribution in [-0.2, 0) is 0 Å². The molecule has 0 aromatic heterocycles. The van der Waals surface area contributed by atoms with E-state index in [0.717, 1.165) is 23.7 Å². The van der Waals surface area contributed by atoms with Crippen molar-refractivity contribution in [3.63, 3.8) is 0 Å². The van der Waals surface area contributed by atoms with Crippen molar-refractivity contribution in [2.24, 2.45) is 29.1 Å². The molecule has 82 valence electrons. The molecule has 3 saturated carbocycles. The van der Waals surface area contributed by atoms with E-state index in [2.05, 4.69) is 27.7 Å². The predicted octanol–water partition coefficient (Wildman–Crippen LogP) is 4.49. The summed E-state index contributed by atoms with van der Waals surface area (Å²) in [5.74, 6) is 4.11. The minimum atomic E-state index is 0.694. The van der Waals surface area contributed by atoms with Crippen LogP contribution >= 0.6 is 0 Å². The molecule has 0 nitrogen and oxygen atoms in total. The lowest BCUT2D eigenvalue weighted by atomic mass is 9.45. The van der Waals surface area contributed by atoms with Crippen LogP contribution in [0.25, 0.3) is 0 Å². The summed E-state index contributed by atoms with van der Waals surface area (Å²) in [6.07, 6.45) is 7.55. The summed E-state index contributed by atoms with van der Waals surface area (Å²) in [6.45, 7) is 9.73. The van der Waals surface area contributed by atoms with Gasteiger partial charge in [0.25, 0.3) is 0 Å². The Morgan fingerprint density at radius 3 is 2.43 bits per heavy atom. The van der Waals surface area contributed by atoms with Gasteiger partial charge < -0.3 is 0 Å². The van der Waals surface area contributed by atoms with Crippen molar-refractivity contribution in [3.05, 3.63) is 0 Å². The van der Waals surface area contributed by atoms with Crippen molar-refractivity contribution in [1.82, 2.24) is 0 Å². The number of hydrogen-bond donors (Lipinski definition) is 0. The molecule has 2 unspecified atom stereocenters. The first-order chi connectivity index (χ1) is 6.51. The number of hydrogen-bond acceptors (Lipinski definition) is 0. The normalized spacial score (nSPS) is 39.6. The Kier molecular flexibility index (Phi) is 2.66. The zero-order chi connectivity index (χ0) is 10.3. The molecule has 3 fully saturated rings. The van der Waals surface area contributed by atoms with Crippen molar-refractivity contribution in [2.75, 3.05) is 0 Å². The zero-order valence-corrected chi connectivity index (χ0v) is 10.3. The van der Waals surface area contributed by atoms with Gasteiger partial charge in [-0.3, -0.25) is 0 Å². The van der Waals surface area contributed by atoms with Gasteiger partial charge in [-0.15, -0.1) is 0 Å². The summed E-state index contributed by atoms with van der Waals surface area (Å²) in [5, 5.41) is 0. The summed E-state index contributed by atoms with van der Waals surface area (Å²) in [7, 11) is 0. The highest BCUT2D eigenvalue weighted by molar-refractivity contribution is 5.03. The molecule has 3 aliphatic carbocycles. The van der Waals surface area contributed by atoms with Crippen molar-refractivity contribution in [3.8, 4) is 0 Å². The van der Waals surface area contributed by atoms with Crippen molar-refractivity contribution >= 4 is 0 Å². The van der Waals surface area contributed by atoms with Crippen LogP contribution in [0.3, 0.4) is 0 Å². The monoisotopic (exact) mass is 194 g/mol. The molecule has 0 heterocycles. The van der Waals surface area contributed by atoms with E-state index in [1.54, 1.807) is 6.42 Å². The highest BCUT2D eigenvalue weighted by atomic mass is 14.6. The van der Waals surface area contributed by atoms with Gasteiger partial charge in [0.2, 0.25) is 0 Å². The minimum Gasteiger partial charge on any atom is -0.0628 e. The maximum atomic E-state index is 2.51. The van der Waals surface area contributed by atoms with Crippen LogP contribution in [0.5, 0.6) is 0 Å². The Morgan fingerprint density at radius 2 is 1.93 bits per heavy atom. The minimum absolute atomic E-state index is 0.694. The van der Waals surface area contributed by atoms with Crippen LogP contribution < -0.4 is 0 Å². The summed E-state index contributed by atoms with van der Waals surface area (Å²) >= 11 is 0. The summed E-state index contributed by atoms with van der Waals surface area (Å²) in [6, 6.07) is 0. The maximum absolute atomic E-state index is 2.51. The molecule has 0 saturated heterocycles. The predicted molar refractivity (Wildman–Crippen MR) is 62.2 cm³/mol. The first kappa shape index (κ1) is 10.5. The van der Waals surface area contributed by atoms with Crippen LogP contribution in [0.4, 0.5) is 0 Å². The van der Waals surface area contributed by atoms with E-state index in [1.807, 2.05) is 0 Å². The number of rotatable bonds is 3. The Bertz CT molecular complexity index is 200. The second kappa shape index (κ2) is 3.54. The molecule has 0 radical (unpaired) electrons. The van der Waals surface area contributed by atoms with Crippen LogP contribution in [-0.4, -0.2) is 0 Å². The third-order valence-corrected chi connectivity index (χ3v) is 5.12. The fourth-order valence-electron chi connectivity index (χ4n) is 3.86. The molecule has 3 rings (SSSR count). The molecule has 0 aromatic carbocycles. The quantitative estimate of drug-likeness (QED) is 0.621. The van der Waals surface area contributed by atoms with Crippen LogP contribution in [0.1, 0.15) is 59.8 Å². The standard InChI is InChI=1S/C14H26/c1-10(2)5-6-11-7-8-12-9-13(11)14(12,3)4/h10-13H,5-9H2,1-4H3/t11-,12?,13?/m1/s1. The van der Waals surface area contributed by atoms with Gasteiger partial charge in [0, 0.05) is 0 Å². The zero-order valence-electron chi connectivity index (χ0n) is 10.3. The SMILES string of the molecule is CC(C)CC[C@@H]1CCC2CC1C2(C)C. The van der Waals surface area contributed by atoms with E-state index >= 15 is 0 Å². The molecule has 0 N–H and O–H groups in total.